The number of methoxy groups -OCH3 is 1. The summed E-state index contributed by atoms with van der Waals surface area (Å²) in [5.74, 6) is -2.91. The van der Waals surface area contributed by atoms with Crippen LogP contribution in [-0.4, -0.2) is 65.5 Å². The first-order chi connectivity index (χ1) is 15.7. The molecule has 0 bridgehead atoms. The number of esters is 1. The number of amides is 3. The number of unbranched alkanes of at least 4 members (excludes halogenated alkanes) is 2. The van der Waals surface area contributed by atoms with E-state index in [-0.39, 0.29) is 18.1 Å². The molecule has 11 heteroatoms. The van der Waals surface area contributed by atoms with Crippen LogP contribution in [0.5, 0.6) is 0 Å². The van der Waals surface area contributed by atoms with E-state index in [9.17, 15) is 29.1 Å². The lowest BCUT2D eigenvalue weighted by atomic mass is 10.2. The summed E-state index contributed by atoms with van der Waals surface area (Å²) in [6.07, 6.45) is 2.17. The summed E-state index contributed by atoms with van der Waals surface area (Å²) in [7, 11) is 1.20. The first-order valence-electron chi connectivity index (χ1n) is 10.5. The van der Waals surface area contributed by atoms with Crippen LogP contribution in [-0.2, 0) is 28.7 Å². The van der Waals surface area contributed by atoms with Gasteiger partial charge in [0.05, 0.1) is 18.8 Å². The number of nitrogens with one attached hydrogen (secondary N) is 3. The molecule has 1 aromatic rings. The van der Waals surface area contributed by atoms with Crippen molar-refractivity contribution in [2.24, 2.45) is 0 Å². The first kappa shape index (κ1) is 28.0. The number of thioether (sulfide) groups is 1. The van der Waals surface area contributed by atoms with E-state index in [0.29, 0.717) is 25.8 Å². The molecule has 1 aromatic carbocycles. The van der Waals surface area contributed by atoms with E-state index in [2.05, 4.69) is 20.7 Å². The lowest BCUT2D eigenvalue weighted by molar-refractivity contribution is -0.141. The lowest BCUT2D eigenvalue weighted by Crippen LogP contribution is -2.43. The molecule has 0 saturated carbocycles. The zero-order chi connectivity index (χ0) is 24.6. The molecule has 182 valence electrons. The molecule has 4 N–H and O–H groups in total. The highest BCUT2D eigenvalue weighted by Gasteiger charge is 2.26. The predicted molar refractivity (Wildman–Crippen MR) is 125 cm³/mol. The maximum Gasteiger partial charge on any atom is 0.327 e. The molecule has 0 radical (unpaired) electrons. The molecule has 1 unspecified atom stereocenters. The molecule has 0 aliphatic rings. The van der Waals surface area contributed by atoms with Gasteiger partial charge in [-0.05, 0) is 25.0 Å². The largest absolute Gasteiger partial charge is 0.480 e. The molecular weight excluding hydrogens is 450 g/mol. The van der Waals surface area contributed by atoms with Crippen molar-refractivity contribution in [2.75, 3.05) is 24.7 Å². The Balaban J connectivity index is 2.39. The van der Waals surface area contributed by atoms with E-state index in [4.69, 9.17) is 0 Å². The minimum atomic E-state index is -1.23. The van der Waals surface area contributed by atoms with Crippen molar-refractivity contribution in [1.82, 2.24) is 10.6 Å². The number of hydrogen-bond acceptors (Lipinski definition) is 7. The minimum Gasteiger partial charge on any atom is -0.480 e. The highest BCUT2D eigenvalue weighted by molar-refractivity contribution is 8.00. The van der Waals surface area contributed by atoms with Gasteiger partial charge < -0.3 is 25.8 Å². The van der Waals surface area contributed by atoms with Gasteiger partial charge in [-0.1, -0.05) is 24.6 Å². The summed E-state index contributed by atoms with van der Waals surface area (Å²) in [5, 5.41) is 16.2. The number of para-hydroxylation sites is 1. The standard InChI is InChI=1S/C22H31N3O7S/c1-15(26)24-17(22(30)31)14-33-18(13-20(28)32-2)21(29)23-12-8-4-7-11-19(27)25-16-9-5-3-6-10-16/h3,5-6,9-10,17-18H,4,7-8,11-14H2,1-2H3,(H,23,29)(H,24,26)(H,25,27)(H,30,31)/t17-,18?/m0/s1. The van der Waals surface area contributed by atoms with E-state index in [1.165, 1.54) is 14.0 Å². The Bertz CT molecular complexity index is 804. The van der Waals surface area contributed by atoms with Gasteiger partial charge in [0.1, 0.15) is 6.04 Å². The van der Waals surface area contributed by atoms with Crippen molar-refractivity contribution in [3.05, 3.63) is 30.3 Å². The monoisotopic (exact) mass is 481 g/mol. The summed E-state index contributed by atoms with van der Waals surface area (Å²) in [5.41, 5.74) is 0.743. The summed E-state index contributed by atoms with van der Waals surface area (Å²) >= 11 is 0.964. The summed E-state index contributed by atoms with van der Waals surface area (Å²) < 4.78 is 4.62. The molecule has 33 heavy (non-hydrogen) atoms. The van der Waals surface area contributed by atoms with E-state index in [1.54, 1.807) is 0 Å². The molecule has 0 spiro atoms. The summed E-state index contributed by atoms with van der Waals surface area (Å²) in [6.45, 7) is 1.55. The Morgan fingerprint density at radius 3 is 2.36 bits per heavy atom. The van der Waals surface area contributed by atoms with Gasteiger partial charge in [-0.3, -0.25) is 19.2 Å². The fraction of sp³-hybridized carbons (Fsp3) is 0.500. The molecule has 10 nitrogen and oxygen atoms in total. The Kier molecular flexibility index (Phi) is 13.3. The van der Waals surface area contributed by atoms with Gasteiger partial charge in [0, 0.05) is 31.3 Å². The number of hydrogen-bond donors (Lipinski definition) is 4. The van der Waals surface area contributed by atoms with Gasteiger partial charge >= 0.3 is 11.9 Å². The zero-order valence-electron chi connectivity index (χ0n) is 18.8. The van der Waals surface area contributed by atoms with Crippen molar-refractivity contribution in [3.63, 3.8) is 0 Å². The quantitative estimate of drug-likeness (QED) is 0.218. The van der Waals surface area contributed by atoms with E-state index in [1.807, 2.05) is 30.3 Å². The molecular formula is C22H31N3O7S. The third kappa shape index (κ3) is 12.5. The number of aliphatic carboxylic acids is 1. The number of anilines is 1. The Labute approximate surface area is 197 Å². The molecule has 0 fully saturated rings. The Hall–Kier alpha value is -3.08. The maximum atomic E-state index is 12.5. The van der Waals surface area contributed by atoms with E-state index < -0.39 is 35.0 Å². The molecule has 1 rings (SSSR count). The van der Waals surface area contributed by atoms with Gasteiger partial charge in [0.15, 0.2) is 0 Å². The highest BCUT2D eigenvalue weighted by atomic mass is 32.2. The highest BCUT2D eigenvalue weighted by Crippen LogP contribution is 2.17. The number of carbonyl (C=O) groups excluding carboxylic acids is 4. The van der Waals surface area contributed by atoms with E-state index in [0.717, 1.165) is 23.9 Å². The second-order valence-electron chi connectivity index (χ2n) is 7.21. The number of carbonyl (C=O) groups is 5. The molecule has 0 aromatic heterocycles. The van der Waals surface area contributed by atoms with Crippen LogP contribution in [0.3, 0.4) is 0 Å². The third-order valence-corrected chi connectivity index (χ3v) is 5.76. The van der Waals surface area contributed by atoms with Gasteiger partial charge in [-0.2, -0.15) is 0 Å². The summed E-state index contributed by atoms with van der Waals surface area (Å²) in [4.78, 5) is 58.5. The second-order valence-corrected chi connectivity index (χ2v) is 8.45. The normalized spacial score (nSPS) is 12.2. The van der Waals surface area contributed by atoms with Crippen molar-refractivity contribution < 1.29 is 33.8 Å². The first-order valence-corrected chi connectivity index (χ1v) is 11.6. The fourth-order valence-electron chi connectivity index (χ4n) is 2.75. The lowest BCUT2D eigenvalue weighted by Gasteiger charge is -2.18. The number of rotatable bonds is 15. The number of ether oxygens (including phenoxy) is 1. The summed E-state index contributed by atoms with van der Waals surface area (Å²) in [6, 6.07) is 7.99. The molecule has 3 amide bonds. The maximum absolute atomic E-state index is 12.5. The average molecular weight is 482 g/mol. The Morgan fingerprint density at radius 2 is 1.76 bits per heavy atom. The molecule has 0 aliphatic heterocycles. The minimum absolute atomic E-state index is 0.0769. The SMILES string of the molecule is COC(=O)CC(SC[C@H](NC(C)=O)C(=O)O)C(=O)NCCCCCC(=O)Nc1ccccc1. The van der Waals surface area contributed by atoms with Crippen LogP contribution >= 0.6 is 11.8 Å². The molecule has 2 atom stereocenters. The van der Waals surface area contributed by atoms with Crippen LogP contribution in [0, 0.1) is 0 Å². The van der Waals surface area contributed by atoms with Crippen LogP contribution in [0.25, 0.3) is 0 Å². The van der Waals surface area contributed by atoms with E-state index >= 15 is 0 Å². The molecule has 0 saturated heterocycles. The van der Waals surface area contributed by atoms with Crippen LogP contribution in [0.4, 0.5) is 5.69 Å². The number of carboxylic acids is 1. The van der Waals surface area contributed by atoms with Gasteiger partial charge in [-0.25, -0.2) is 4.79 Å². The Morgan fingerprint density at radius 1 is 1.06 bits per heavy atom. The topological polar surface area (TPSA) is 151 Å². The molecule has 0 heterocycles. The van der Waals surface area contributed by atoms with Crippen molar-refractivity contribution in [2.45, 2.75) is 50.3 Å². The van der Waals surface area contributed by atoms with Crippen LogP contribution in [0.1, 0.15) is 39.0 Å². The van der Waals surface area contributed by atoms with Gasteiger partial charge in [0.2, 0.25) is 17.7 Å². The van der Waals surface area contributed by atoms with Gasteiger partial charge in [0.25, 0.3) is 0 Å². The number of carboxylic acid groups (broad SMARTS) is 1. The second kappa shape index (κ2) is 15.7. The van der Waals surface area contributed by atoms with Crippen molar-refractivity contribution >= 4 is 47.1 Å². The third-order valence-electron chi connectivity index (χ3n) is 4.45. The molecule has 0 aliphatic carbocycles. The predicted octanol–water partition coefficient (Wildman–Crippen LogP) is 1.56. The van der Waals surface area contributed by atoms with Crippen molar-refractivity contribution in [3.8, 4) is 0 Å². The number of benzene rings is 1. The van der Waals surface area contributed by atoms with Crippen molar-refractivity contribution in [1.29, 1.82) is 0 Å². The average Bonchev–Trinajstić information content (AvgIpc) is 2.77. The van der Waals surface area contributed by atoms with Crippen LogP contribution < -0.4 is 16.0 Å². The zero-order valence-corrected chi connectivity index (χ0v) is 19.6. The van der Waals surface area contributed by atoms with Gasteiger partial charge in [-0.15, -0.1) is 11.8 Å². The van der Waals surface area contributed by atoms with Crippen LogP contribution in [0.2, 0.25) is 0 Å². The fourth-order valence-corrected chi connectivity index (χ4v) is 3.89. The van der Waals surface area contributed by atoms with Crippen LogP contribution in [0.15, 0.2) is 30.3 Å². The smallest absolute Gasteiger partial charge is 0.327 e.